The van der Waals surface area contributed by atoms with E-state index in [9.17, 15) is 14.4 Å². The number of unbranched alkanes of at least 4 members (excludes halogenated alkanes) is 1. The molecule has 0 radical (unpaired) electrons. The van der Waals surface area contributed by atoms with Gasteiger partial charge in [-0.2, -0.15) is 0 Å². The molecule has 106 valence electrons. The number of nitrogens with zero attached hydrogens (tertiary/aromatic N) is 1. The highest BCUT2D eigenvalue weighted by Crippen LogP contribution is 2.22. The quantitative estimate of drug-likeness (QED) is 0.621. The number of urea groups is 1. The number of benzene rings is 1. The van der Waals surface area contributed by atoms with Crippen LogP contribution in [0.4, 0.5) is 10.5 Å². The maximum absolute atomic E-state index is 12.3. The van der Waals surface area contributed by atoms with Crippen LogP contribution in [0, 0.1) is 5.92 Å². The fourth-order valence-corrected chi connectivity index (χ4v) is 2.15. The minimum Gasteiger partial charge on any atom is -0.396 e. The van der Waals surface area contributed by atoms with Crippen molar-refractivity contribution in [1.29, 1.82) is 0 Å². The van der Waals surface area contributed by atoms with E-state index in [1.807, 2.05) is 0 Å². The second-order valence-corrected chi connectivity index (χ2v) is 4.58. The van der Waals surface area contributed by atoms with Crippen molar-refractivity contribution >= 4 is 23.5 Å². The first-order chi connectivity index (χ1) is 9.65. The lowest BCUT2D eigenvalue weighted by Gasteiger charge is -2.30. The summed E-state index contributed by atoms with van der Waals surface area (Å²) in [5.41, 5.74) is 0.439. The van der Waals surface area contributed by atoms with Gasteiger partial charge < -0.3 is 5.11 Å². The minimum atomic E-state index is -0.876. The first-order valence-electron chi connectivity index (χ1n) is 6.50. The number of nitrogens with one attached hydrogen (secondary N) is 1. The van der Waals surface area contributed by atoms with E-state index in [1.165, 1.54) is 0 Å². The summed E-state index contributed by atoms with van der Waals surface area (Å²) >= 11 is 0. The van der Waals surface area contributed by atoms with E-state index in [2.05, 4.69) is 5.32 Å². The molecule has 1 fully saturated rings. The topological polar surface area (TPSA) is 86.7 Å². The van der Waals surface area contributed by atoms with Gasteiger partial charge in [0.05, 0.1) is 5.69 Å². The molecule has 1 aromatic rings. The summed E-state index contributed by atoms with van der Waals surface area (Å²) in [6.07, 6.45) is 1.40. The minimum absolute atomic E-state index is 0.0177. The number of para-hydroxylation sites is 1. The van der Waals surface area contributed by atoms with Gasteiger partial charge in [0.2, 0.25) is 11.8 Å². The van der Waals surface area contributed by atoms with Gasteiger partial charge in [-0.15, -0.1) is 0 Å². The third-order valence-corrected chi connectivity index (χ3v) is 3.18. The Hall–Kier alpha value is -2.21. The number of aliphatic hydroxyl groups is 1. The van der Waals surface area contributed by atoms with E-state index in [0.717, 1.165) is 4.90 Å². The summed E-state index contributed by atoms with van der Waals surface area (Å²) in [6.45, 7) is 0.0177. The molecular formula is C14H16N2O4. The van der Waals surface area contributed by atoms with Crippen molar-refractivity contribution in [3.8, 4) is 0 Å². The number of anilines is 1. The monoisotopic (exact) mass is 276 g/mol. The lowest BCUT2D eigenvalue weighted by atomic mass is 9.97. The van der Waals surface area contributed by atoms with Crippen LogP contribution in [0.15, 0.2) is 30.3 Å². The van der Waals surface area contributed by atoms with Crippen molar-refractivity contribution in [2.45, 2.75) is 19.3 Å². The second kappa shape index (κ2) is 6.29. The predicted octanol–water partition coefficient (Wildman–Crippen LogP) is 1.05. The molecule has 20 heavy (non-hydrogen) atoms. The molecule has 1 unspecified atom stereocenters. The first-order valence-corrected chi connectivity index (χ1v) is 6.50. The zero-order valence-electron chi connectivity index (χ0n) is 10.9. The zero-order valence-corrected chi connectivity index (χ0v) is 10.9. The van der Waals surface area contributed by atoms with Crippen LogP contribution in [-0.2, 0) is 9.59 Å². The summed E-state index contributed by atoms with van der Waals surface area (Å²) in [7, 11) is 0. The smallest absolute Gasteiger partial charge is 0.335 e. The highest BCUT2D eigenvalue weighted by molar-refractivity contribution is 6.27. The van der Waals surface area contributed by atoms with Crippen molar-refractivity contribution in [2.24, 2.45) is 5.92 Å². The average molecular weight is 276 g/mol. The lowest BCUT2D eigenvalue weighted by molar-refractivity contribution is -0.134. The fourth-order valence-electron chi connectivity index (χ4n) is 2.15. The van der Waals surface area contributed by atoms with Crippen LogP contribution in [0.1, 0.15) is 19.3 Å². The van der Waals surface area contributed by atoms with Gasteiger partial charge in [0.15, 0.2) is 0 Å². The molecule has 1 aliphatic rings. The zero-order chi connectivity index (χ0) is 14.5. The van der Waals surface area contributed by atoms with E-state index in [1.54, 1.807) is 30.3 Å². The Morgan fingerprint density at radius 1 is 1.10 bits per heavy atom. The van der Waals surface area contributed by atoms with E-state index in [-0.39, 0.29) is 6.61 Å². The molecule has 1 aliphatic heterocycles. The molecule has 0 aromatic heterocycles. The molecule has 0 spiro atoms. The SMILES string of the molecule is O=C1NC(=O)N(c2ccccc2)C(=O)C1CCCCO. The molecule has 0 aliphatic carbocycles. The van der Waals surface area contributed by atoms with Gasteiger partial charge in [0, 0.05) is 6.61 Å². The van der Waals surface area contributed by atoms with Crippen molar-refractivity contribution in [2.75, 3.05) is 11.5 Å². The Morgan fingerprint density at radius 2 is 1.80 bits per heavy atom. The fraction of sp³-hybridized carbons (Fsp3) is 0.357. The number of carbonyl (C=O) groups is 3. The van der Waals surface area contributed by atoms with Gasteiger partial charge in [-0.1, -0.05) is 18.2 Å². The summed E-state index contributed by atoms with van der Waals surface area (Å²) in [6, 6.07) is 7.76. The third-order valence-electron chi connectivity index (χ3n) is 3.18. The van der Waals surface area contributed by atoms with E-state index in [0.29, 0.717) is 24.9 Å². The van der Waals surface area contributed by atoms with Crippen LogP contribution in [-0.4, -0.2) is 29.6 Å². The van der Waals surface area contributed by atoms with Gasteiger partial charge in [-0.25, -0.2) is 9.69 Å². The van der Waals surface area contributed by atoms with Gasteiger partial charge in [0.1, 0.15) is 5.92 Å². The number of rotatable bonds is 5. The maximum Gasteiger partial charge on any atom is 0.335 e. The molecule has 0 saturated carbocycles. The van der Waals surface area contributed by atoms with Crippen molar-refractivity contribution in [1.82, 2.24) is 5.32 Å². The van der Waals surface area contributed by atoms with Crippen molar-refractivity contribution < 1.29 is 19.5 Å². The standard InChI is InChI=1S/C14H16N2O4/c17-9-5-4-8-11-12(18)15-14(20)16(13(11)19)10-6-2-1-3-7-10/h1-3,6-7,11,17H,4-5,8-9H2,(H,15,18,20). The molecule has 1 saturated heterocycles. The lowest BCUT2D eigenvalue weighted by Crippen LogP contribution is -2.58. The molecular weight excluding hydrogens is 260 g/mol. The molecule has 4 amide bonds. The second-order valence-electron chi connectivity index (χ2n) is 4.58. The van der Waals surface area contributed by atoms with Gasteiger partial charge in [-0.05, 0) is 31.4 Å². The van der Waals surface area contributed by atoms with Crippen LogP contribution in [0.25, 0.3) is 0 Å². The molecule has 1 atom stereocenters. The summed E-state index contributed by atoms with van der Waals surface area (Å²) < 4.78 is 0. The maximum atomic E-state index is 12.3. The Kier molecular flexibility index (Phi) is 4.47. The van der Waals surface area contributed by atoms with E-state index < -0.39 is 23.8 Å². The average Bonchev–Trinajstić information content (AvgIpc) is 2.43. The Morgan fingerprint density at radius 3 is 2.45 bits per heavy atom. The van der Waals surface area contributed by atoms with Gasteiger partial charge in [0.25, 0.3) is 0 Å². The van der Waals surface area contributed by atoms with Crippen molar-refractivity contribution in [3.05, 3.63) is 30.3 Å². The number of hydrogen-bond donors (Lipinski definition) is 2. The van der Waals surface area contributed by atoms with Gasteiger partial charge in [-0.3, -0.25) is 14.9 Å². The summed E-state index contributed by atoms with van der Waals surface area (Å²) in [5, 5.41) is 10.9. The molecule has 6 heteroatoms. The molecule has 6 nitrogen and oxygen atoms in total. The van der Waals surface area contributed by atoms with E-state index >= 15 is 0 Å². The molecule has 2 rings (SSSR count). The highest BCUT2D eigenvalue weighted by Gasteiger charge is 2.40. The first kappa shape index (κ1) is 14.2. The van der Waals surface area contributed by atoms with Crippen LogP contribution < -0.4 is 10.2 Å². The van der Waals surface area contributed by atoms with Crippen LogP contribution in [0.2, 0.25) is 0 Å². The van der Waals surface area contributed by atoms with Crippen LogP contribution >= 0.6 is 0 Å². The number of imide groups is 2. The van der Waals surface area contributed by atoms with Crippen molar-refractivity contribution in [3.63, 3.8) is 0 Å². The largest absolute Gasteiger partial charge is 0.396 e. The molecule has 0 bridgehead atoms. The summed E-state index contributed by atoms with van der Waals surface area (Å²) in [4.78, 5) is 36.9. The Labute approximate surface area is 116 Å². The Balaban J connectivity index is 2.18. The molecule has 2 N–H and O–H groups in total. The molecule has 1 heterocycles. The number of aliphatic hydroxyl groups excluding tert-OH is 1. The highest BCUT2D eigenvalue weighted by atomic mass is 16.3. The Bertz CT molecular complexity index is 515. The number of carbonyl (C=O) groups excluding carboxylic acids is 3. The normalized spacial score (nSPS) is 19.1. The third kappa shape index (κ3) is 2.85. The summed E-state index contributed by atoms with van der Waals surface area (Å²) in [5.74, 6) is -1.95. The number of hydrogen-bond acceptors (Lipinski definition) is 4. The van der Waals surface area contributed by atoms with Gasteiger partial charge >= 0.3 is 6.03 Å². The number of barbiturate groups is 1. The van der Waals surface area contributed by atoms with Crippen LogP contribution in [0.3, 0.4) is 0 Å². The number of amides is 4. The molecule has 1 aromatic carbocycles. The van der Waals surface area contributed by atoms with E-state index in [4.69, 9.17) is 5.11 Å². The predicted molar refractivity (Wildman–Crippen MR) is 71.9 cm³/mol. The van der Waals surface area contributed by atoms with Crippen LogP contribution in [0.5, 0.6) is 0 Å².